The number of hydrogen-bond acceptors (Lipinski definition) is 3. The van der Waals surface area contributed by atoms with Crippen molar-refractivity contribution in [3.63, 3.8) is 0 Å². The van der Waals surface area contributed by atoms with Crippen LogP contribution in [0.2, 0.25) is 0 Å². The van der Waals surface area contributed by atoms with Gasteiger partial charge in [-0.1, -0.05) is 24.3 Å². The van der Waals surface area contributed by atoms with Crippen molar-refractivity contribution in [3.05, 3.63) is 52.1 Å². The van der Waals surface area contributed by atoms with E-state index in [0.717, 1.165) is 28.9 Å². The first kappa shape index (κ1) is 11.9. The predicted molar refractivity (Wildman–Crippen MR) is 80.7 cm³/mol. The van der Waals surface area contributed by atoms with E-state index < -0.39 is 0 Å². The number of rotatable bonds is 0. The largest absolute Gasteiger partial charge is 0.338 e. The van der Waals surface area contributed by atoms with E-state index in [4.69, 9.17) is 0 Å². The maximum atomic E-state index is 12.3. The molecule has 2 aliphatic rings. The van der Waals surface area contributed by atoms with Crippen LogP contribution in [0.3, 0.4) is 0 Å². The second kappa shape index (κ2) is 4.31. The van der Waals surface area contributed by atoms with Crippen molar-refractivity contribution in [2.24, 2.45) is 0 Å². The molecule has 1 amide bonds. The average molecular weight is 330 g/mol. The SMILES string of the molecule is O=C1Nc2cc(Br)cnc2N2Cc3ccccc3CC12. The van der Waals surface area contributed by atoms with E-state index >= 15 is 0 Å². The number of fused-ring (bicyclic) bond motifs is 4. The highest BCUT2D eigenvalue weighted by Crippen LogP contribution is 2.36. The number of benzene rings is 1. The van der Waals surface area contributed by atoms with Crippen LogP contribution in [0.4, 0.5) is 11.5 Å². The van der Waals surface area contributed by atoms with Crippen LogP contribution in [0.25, 0.3) is 0 Å². The van der Waals surface area contributed by atoms with Crippen molar-refractivity contribution < 1.29 is 4.79 Å². The first-order valence-corrected chi connectivity index (χ1v) is 7.31. The molecular formula is C15H12BrN3O. The summed E-state index contributed by atoms with van der Waals surface area (Å²) in [6.45, 7) is 0.732. The summed E-state index contributed by atoms with van der Waals surface area (Å²) in [6, 6.07) is 10.0. The quantitative estimate of drug-likeness (QED) is 0.808. The zero-order valence-electron chi connectivity index (χ0n) is 10.6. The Morgan fingerprint density at radius 2 is 2.10 bits per heavy atom. The van der Waals surface area contributed by atoms with E-state index in [1.54, 1.807) is 6.20 Å². The Kier molecular flexibility index (Phi) is 2.57. The van der Waals surface area contributed by atoms with E-state index in [-0.39, 0.29) is 11.9 Å². The fourth-order valence-electron chi connectivity index (χ4n) is 2.95. The van der Waals surface area contributed by atoms with Gasteiger partial charge in [0.05, 0.1) is 5.69 Å². The molecule has 4 nitrogen and oxygen atoms in total. The molecule has 20 heavy (non-hydrogen) atoms. The van der Waals surface area contributed by atoms with Crippen LogP contribution in [-0.2, 0) is 17.8 Å². The van der Waals surface area contributed by atoms with Crippen LogP contribution < -0.4 is 10.2 Å². The Hall–Kier alpha value is -1.88. The number of amides is 1. The fraction of sp³-hybridized carbons (Fsp3) is 0.200. The van der Waals surface area contributed by atoms with Crippen LogP contribution in [-0.4, -0.2) is 16.9 Å². The van der Waals surface area contributed by atoms with E-state index in [1.807, 2.05) is 18.2 Å². The summed E-state index contributed by atoms with van der Waals surface area (Å²) in [7, 11) is 0. The minimum atomic E-state index is -0.161. The molecule has 1 N–H and O–H groups in total. The Balaban J connectivity index is 1.83. The van der Waals surface area contributed by atoms with E-state index in [9.17, 15) is 4.79 Å². The Labute approximate surface area is 124 Å². The van der Waals surface area contributed by atoms with Gasteiger partial charge in [0, 0.05) is 23.6 Å². The van der Waals surface area contributed by atoms with Gasteiger partial charge in [-0.15, -0.1) is 0 Å². The minimum Gasteiger partial charge on any atom is -0.338 e. The molecule has 1 aromatic carbocycles. The van der Waals surface area contributed by atoms with Gasteiger partial charge in [0.15, 0.2) is 5.82 Å². The second-order valence-electron chi connectivity index (χ2n) is 5.13. The van der Waals surface area contributed by atoms with E-state index in [0.29, 0.717) is 0 Å². The summed E-state index contributed by atoms with van der Waals surface area (Å²) >= 11 is 3.39. The molecular weight excluding hydrogens is 318 g/mol. The van der Waals surface area contributed by atoms with Gasteiger partial charge in [-0.25, -0.2) is 4.98 Å². The van der Waals surface area contributed by atoms with Crippen molar-refractivity contribution in [2.45, 2.75) is 19.0 Å². The summed E-state index contributed by atoms with van der Waals surface area (Å²) in [5.41, 5.74) is 3.30. The number of nitrogens with zero attached hydrogens (tertiary/aromatic N) is 2. The molecule has 4 rings (SSSR count). The highest BCUT2D eigenvalue weighted by Gasteiger charge is 2.37. The van der Waals surface area contributed by atoms with Gasteiger partial charge in [0.1, 0.15) is 6.04 Å². The lowest BCUT2D eigenvalue weighted by atomic mass is 9.92. The van der Waals surface area contributed by atoms with Crippen molar-refractivity contribution in [2.75, 3.05) is 10.2 Å². The topological polar surface area (TPSA) is 45.2 Å². The van der Waals surface area contributed by atoms with Gasteiger partial charge in [0.2, 0.25) is 5.91 Å². The molecule has 0 aliphatic carbocycles. The first-order chi connectivity index (χ1) is 9.72. The molecule has 1 aromatic heterocycles. The molecule has 0 radical (unpaired) electrons. The second-order valence-corrected chi connectivity index (χ2v) is 6.05. The first-order valence-electron chi connectivity index (χ1n) is 6.52. The number of carbonyl (C=O) groups is 1. The molecule has 2 aliphatic heterocycles. The predicted octanol–water partition coefficient (Wildman–Crippen LogP) is 2.73. The number of anilines is 2. The van der Waals surface area contributed by atoms with Gasteiger partial charge in [0.25, 0.3) is 0 Å². The summed E-state index contributed by atoms with van der Waals surface area (Å²) in [5.74, 6) is 0.902. The van der Waals surface area contributed by atoms with Gasteiger partial charge >= 0.3 is 0 Å². The maximum absolute atomic E-state index is 12.3. The lowest BCUT2D eigenvalue weighted by Crippen LogP contribution is -2.51. The average Bonchev–Trinajstić information content (AvgIpc) is 2.45. The lowest BCUT2D eigenvalue weighted by molar-refractivity contribution is -0.117. The molecule has 3 heterocycles. The Morgan fingerprint density at radius 3 is 2.95 bits per heavy atom. The van der Waals surface area contributed by atoms with Gasteiger partial charge in [-0.05, 0) is 33.1 Å². The van der Waals surface area contributed by atoms with E-state index in [2.05, 4.69) is 43.3 Å². The normalized spacial score (nSPS) is 19.8. The standard InChI is InChI=1S/C15H12BrN3O/c16-11-6-12-14(17-7-11)19-8-10-4-2-1-3-9(10)5-13(19)15(20)18-12/h1-4,6-7,13H,5,8H2,(H,18,20). The van der Waals surface area contributed by atoms with Crippen LogP contribution in [0, 0.1) is 0 Å². The number of halogens is 1. The summed E-state index contributed by atoms with van der Waals surface area (Å²) < 4.78 is 0.868. The van der Waals surface area contributed by atoms with Crippen LogP contribution in [0.15, 0.2) is 41.0 Å². The van der Waals surface area contributed by atoms with Gasteiger partial charge < -0.3 is 10.2 Å². The monoisotopic (exact) mass is 329 g/mol. The zero-order chi connectivity index (χ0) is 13.7. The third kappa shape index (κ3) is 1.73. The van der Waals surface area contributed by atoms with Crippen molar-refractivity contribution in [3.8, 4) is 0 Å². The van der Waals surface area contributed by atoms with Crippen LogP contribution in [0.5, 0.6) is 0 Å². The van der Waals surface area contributed by atoms with Crippen molar-refractivity contribution in [1.82, 2.24) is 4.98 Å². The third-order valence-electron chi connectivity index (χ3n) is 3.91. The van der Waals surface area contributed by atoms with E-state index in [1.165, 1.54) is 11.1 Å². The van der Waals surface area contributed by atoms with Gasteiger partial charge in [-0.3, -0.25) is 4.79 Å². The molecule has 5 heteroatoms. The minimum absolute atomic E-state index is 0.0481. The highest BCUT2D eigenvalue weighted by atomic mass is 79.9. The zero-order valence-corrected chi connectivity index (χ0v) is 12.2. The number of nitrogens with one attached hydrogen (secondary N) is 1. The smallest absolute Gasteiger partial charge is 0.247 e. The molecule has 0 spiro atoms. The van der Waals surface area contributed by atoms with Crippen molar-refractivity contribution >= 4 is 33.3 Å². The summed E-state index contributed by atoms with van der Waals surface area (Å²) in [4.78, 5) is 18.9. The molecule has 1 unspecified atom stereocenters. The molecule has 0 saturated heterocycles. The number of pyridine rings is 1. The van der Waals surface area contributed by atoms with Gasteiger partial charge in [-0.2, -0.15) is 0 Å². The number of carbonyl (C=O) groups excluding carboxylic acids is 1. The molecule has 100 valence electrons. The number of hydrogen-bond donors (Lipinski definition) is 1. The highest BCUT2D eigenvalue weighted by molar-refractivity contribution is 9.10. The summed E-state index contributed by atoms with van der Waals surface area (Å²) in [5, 5.41) is 2.96. The Bertz CT molecular complexity index is 716. The maximum Gasteiger partial charge on any atom is 0.247 e. The van der Waals surface area contributed by atoms with Crippen molar-refractivity contribution in [1.29, 1.82) is 0 Å². The number of aromatic nitrogens is 1. The van der Waals surface area contributed by atoms with Crippen LogP contribution >= 0.6 is 15.9 Å². The molecule has 0 fully saturated rings. The molecule has 2 aromatic rings. The summed E-state index contributed by atoms with van der Waals surface area (Å²) in [6.07, 6.45) is 2.51. The fourth-order valence-corrected chi connectivity index (χ4v) is 3.28. The lowest BCUT2D eigenvalue weighted by Gasteiger charge is -2.40. The Morgan fingerprint density at radius 1 is 1.30 bits per heavy atom. The molecule has 0 bridgehead atoms. The molecule has 0 saturated carbocycles. The van der Waals surface area contributed by atoms with Crippen LogP contribution in [0.1, 0.15) is 11.1 Å². The molecule has 1 atom stereocenters. The third-order valence-corrected chi connectivity index (χ3v) is 4.35.